The lowest BCUT2D eigenvalue weighted by atomic mass is 9.98. The van der Waals surface area contributed by atoms with Crippen molar-refractivity contribution in [2.24, 2.45) is 5.92 Å². The molecule has 1 aliphatic heterocycles. The van der Waals surface area contributed by atoms with E-state index in [9.17, 15) is 22.8 Å². The smallest absolute Gasteiger partial charge is 0.417 e. The zero-order valence-electron chi connectivity index (χ0n) is 22.0. The van der Waals surface area contributed by atoms with Crippen molar-refractivity contribution < 1.29 is 22.7 Å². The van der Waals surface area contributed by atoms with Crippen LogP contribution in [-0.4, -0.2) is 40.6 Å². The van der Waals surface area contributed by atoms with E-state index < -0.39 is 22.8 Å². The fourth-order valence-electron chi connectivity index (χ4n) is 4.89. The fourth-order valence-corrected chi connectivity index (χ4v) is 5.11. The van der Waals surface area contributed by atoms with Crippen molar-refractivity contribution in [3.8, 4) is 11.5 Å². The van der Waals surface area contributed by atoms with Gasteiger partial charge in [-0.3, -0.25) is 9.36 Å². The van der Waals surface area contributed by atoms with Crippen molar-refractivity contribution in [3.63, 3.8) is 0 Å². The van der Waals surface area contributed by atoms with E-state index in [1.165, 1.54) is 6.07 Å². The van der Waals surface area contributed by atoms with E-state index in [0.717, 1.165) is 38.1 Å². The number of halogens is 4. The molecule has 1 atom stereocenters. The van der Waals surface area contributed by atoms with E-state index in [4.69, 9.17) is 16.3 Å². The quantitative estimate of drug-likeness (QED) is 0.258. The first-order chi connectivity index (χ1) is 19.5. The Kier molecular flexibility index (Phi) is 8.18. The Morgan fingerprint density at radius 1 is 1.05 bits per heavy atom. The minimum absolute atomic E-state index is 0.0601. The highest BCUT2D eigenvalue weighted by Gasteiger charge is 2.33. The largest absolute Gasteiger partial charge is 0.457 e. The third-order valence-electron chi connectivity index (χ3n) is 6.85. The van der Waals surface area contributed by atoms with Gasteiger partial charge in [0.1, 0.15) is 11.5 Å². The van der Waals surface area contributed by atoms with Crippen LogP contribution in [0.5, 0.6) is 11.5 Å². The van der Waals surface area contributed by atoms with E-state index in [1.807, 2.05) is 0 Å². The van der Waals surface area contributed by atoms with Gasteiger partial charge in [-0.2, -0.15) is 13.2 Å². The number of urea groups is 1. The average Bonchev–Trinajstić information content (AvgIpc) is 2.92. The van der Waals surface area contributed by atoms with Gasteiger partial charge in [0.15, 0.2) is 0 Å². The molecule has 1 aromatic heterocycles. The Bertz CT molecular complexity index is 1630. The number of carbonyl (C=O) groups excluding carboxylic acids is 1. The molecule has 2 amide bonds. The van der Waals surface area contributed by atoms with E-state index in [0.29, 0.717) is 40.6 Å². The molecule has 0 spiro atoms. The van der Waals surface area contributed by atoms with E-state index >= 15 is 0 Å². The third kappa shape index (κ3) is 6.98. The maximum Gasteiger partial charge on any atom is 0.417 e. The molecule has 0 bridgehead atoms. The van der Waals surface area contributed by atoms with Gasteiger partial charge in [0.2, 0.25) is 0 Å². The molecule has 1 unspecified atom stereocenters. The van der Waals surface area contributed by atoms with Gasteiger partial charge in [-0.25, -0.2) is 9.78 Å². The zero-order chi connectivity index (χ0) is 29.1. The molecule has 5 rings (SSSR count). The highest BCUT2D eigenvalue weighted by molar-refractivity contribution is 6.31. The fraction of sp³-hybridized carbons (Fsp3) is 0.276. The van der Waals surface area contributed by atoms with Gasteiger partial charge >= 0.3 is 12.2 Å². The molecule has 214 valence electrons. The number of benzene rings is 3. The molecule has 0 radical (unpaired) electrons. The van der Waals surface area contributed by atoms with Gasteiger partial charge in [0, 0.05) is 24.5 Å². The summed E-state index contributed by atoms with van der Waals surface area (Å²) in [5.41, 5.74) is -0.261. The molecule has 12 heteroatoms. The van der Waals surface area contributed by atoms with Crippen LogP contribution in [-0.2, 0) is 12.7 Å². The van der Waals surface area contributed by atoms with Crippen molar-refractivity contribution in [1.82, 2.24) is 14.5 Å². The summed E-state index contributed by atoms with van der Waals surface area (Å²) in [5, 5.41) is 4.91. The number of likely N-dealkylation sites (tertiary alicyclic amines) is 1. The number of alkyl halides is 3. The number of nitrogens with one attached hydrogen (secondary N) is 2. The first-order valence-corrected chi connectivity index (χ1v) is 13.3. The lowest BCUT2D eigenvalue weighted by Crippen LogP contribution is -2.36. The van der Waals surface area contributed by atoms with Crippen molar-refractivity contribution in [2.75, 3.05) is 30.8 Å². The van der Waals surface area contributed by atoms with Crippen molar-refractivity contribution in [1.29, 1.82) is 0 Å². The number of nitrogens with zero attached hydrogens (tertiary/aromatic N) is 3. The Morgan fingerprint density at radius 3 is 2.49 bits per heavy atom. The summed E-state index contributed by atoms with van der Waals surface area (Å²) in [7, 11) is 2.09. The predicted octanol–water partition coefficient (Wildman–Crippen LogP) is 6.85. The van der Waals surface area contributed by atoms with Crippen LogP contribution in [0.4, 0.5) is 29.3 Å². The van der Waals surface area contributed by atoms with Gasteiger partial charge in [0.05, 0.1) is 27.8 Å². The van der Waals surface area contributed by atoms with Crippen LogP contribution < -0.4 is 20.9 Å². The molecule has 8 nitrogen and oxygen atoms in total. The number of fused-ring (bicyclic) bond motifs is 1. The van der Waals surface area contributed by atoms with E-state index in [1.54, 1.807) is 53.4 Å². The van der Waals surface area contributed by atoms with Crippen LogP contribution in [0.3, 0.4) is 0 Å². The highest BCUT2D eigenvalue weighted by atomic mass is 35.5. The number of aromatic nitrogens is 2. The van der Waals surface area contributed by atoms with E-state index in [2.05, 4.69) is 27.6 Å². The number of ether oxygens (including phenoxy) is 1. The second-order valence-corrected chi connectivity index (χ2v) is 10.5. The van der Waals surface area contributed by atoms with Gasteiger partial charge in [-0.15, -0.1) is 0 Å². The summed E-state index contributed by atoms with van der Waals surface area (Å²) < 4.78 is 46.8. The van der Waals surface area contributed by atoms with Crippen LogP contribution in [0, 0.1) is 5.92 Å². The zero-order valence-corrected chi connectivity index (χ0v) is 22.8. The Morgan fingerprint density at radius 2 is 1.76 bits per heavy atom. The number of amides is 2. The molecule has 2 heterocycles. The van der Waals surface area contributed by atoms with Gasteiger partial charge < -0.3 is 20.3 Å². The molecule has 3 aromatic carbocycles. The number of hydrogen-bond acceptors (Lipinski definition) is 5. The van der Waals surface area contributed by atoms with Crippen LogP contribution in [0.25, 0.3) is 10.9 Å². The van der Waals surface area contributed by atoms with Crippen LogP contribution in [0.15, 0.2) is 71.8 Å². The van der Waals surface area contributed by atoms with Crippen molar-refractivity contribution in [3.05, 3.63) is 87.9 Å². The number of piperidine rings is 1. The molecule has 4 aromatic rings. The molecule has 1 saturated heterocycles. The first kappa shape index (κ1) is 28.4. The van der Waals surface area contributed by atoms with Crippen LogP contribution in [0.1, 0.15) is 18.4 Å². The molecular formula is C29H27ClF3N5O3. The first-order valence-electron chi connectivity index (χ1n) is 13.0. The molecule has 1 fully saturated rings. The summed E-state index contributed by atoms with van der Waals surface area (Å²) in [5.74, 6) is 1.30. The Balaban J connectivity index is 1.23. The maximum atomic E-state index is 13.2. The summed E-state index contributed by atoms with van der Waals surface area (Å²) in [6.45, 7) is 2.63. The van der Waals surface area contributed by atoms with Gasteiger partial charge in [-0.05, 0) is 93.0 Å². The topological polar surface area (TPSA) is 88.5 Å². The number of hydrogen-bond donors (Lipinski definition) is 2. The molecule has 41 heavy (non-hydrogen) atoms. The standard InChI is InChI=1S/C29H27ClF3N5O3/c1-37-12-2-3-18(15-37)16-38-17-34-26-11-9-22(14-23(26)27(38)39)41-21-7-4-19(5-8-21)35-28(40)36-20-6-10-25(30)24(13-20)29(31,32)33/h4-11,13-14,17-18H,2-3,12,15-16H2,1H3,(H2,35,36,40). The van der Waals surface area contributed by atoms with Gasteiger partial charge in [0.25, 0.3) is 5.56 Å². The van der Waals surface area contributed by atoms with Crippen molar-refractivity contribution >= 4 is 39.9 Å². The lowest BCUT2D eigenvalue weighted by molar-refractivity contribution is -0.137. The summed E-state index contributed by atoms with van der Waals surface area (Å²) in [4.78, 5) is 32.2. The number of carbonyl (C=O) groups is 1. The molecule has 2 N–H and O–H groups in total. The monoisotopic (exact) mass is 585 g/mol. The third-order valence-corrected chi connectivity index (χ3v) is 7.18. The highest BCUT2D eigenvalue weighted by Crippen LogP contribution is 2.36. The second kappa shape index (κ2) is 11.8. The number of anilines is 2. The summed E-state index contributed by atoms with van der Waals surface area (Å²) in [6.07, 6.45) is -0.862. The second-order valence-electron chi connectivity index (χ2n) is 10.0. The predicted molar refractivity (Wildman–Crippen MR) is 152 cm³/mol. The van der Waals surface area contributed by atoms with Crippen LogP contribution in [0.2, 0.25) is 5.02 Å². The number of rotatable bonds is 6. The minimum atomic E-state index is -4.65. The molecular weight excluding hydrogens is 559 g/mol. The normalized spacial score (nSPS) is 16.0. The van der Waals surface area contributed by atoms with Crippen molar-refractivity contribution in [2.45, 2.75) is 25.6 Å². The summed E-state index contributed by atoms with van der Waals surface area (Å²) in [6, 6.07) is 13.9. The molecule has 0 aliphatic carbocycles. The Labute approximate surface area is 238 Å². The maximum absolute atomic E-state index is 13.2. The van der Waals surface area contributed by atoms with E-state index in [-0.39, 0.29) is 11.2 Å². The average molecular weight is 586 g/mol. The van der Waals surface area contributed by atoms with Gasteiger partial charge in [-0.1, -0.05) is 11.6 Å². The van der Waals surface area contributed by atoms with Crippen LogP contribution >= 0.6 is 11.6 Å². The molecule has 0 saturated carbocycles. The Hall–Kier alpha value is -4.09. The summed E-state index contributed by atoms with van der Waals surface area (Å²) >= 11 is 5.62. The molecule has 1 aliphatic rings. The SMILES string of the molecule is CN1CCCC(Cn2cnc3ccc(Oc4ccc(NC(=O)Nc5ccc(Cl)c(C(F)(F)F)c5)cc4)cc3c2=O)C1. The lowest BCUT2D eigenvalue weighted by Gasteiger charge is -2.29. The minimum Gasteiger partial charge on any atom is -0.457 e.